The van der Waals surface area contributed by atoms with Crippen molar-refractivity contribution >= 4 is 22.7 Å². The van der Waals surface area contributed by atoms with Crippen molar-refractivity contribution in [2.75, 3.05) is 0 Å². The standard InChI is InChI=1S/C12H8O4.C4H10/c13-11(14)9-5-6-10(12(15)16)8-4-2-1-3-7(8)9;1-3-4-2/h1-6H,(H,13,14)(H,15,16);3-4H2,1-2H3. The van der Waals surface area contributed by atoms with Gasteiger partial charge in [-0.1, -0.05) is 51.0 Å². The Morgan fingerprint density at radius 2 is 1.15 bits per heavy atom. The van der Waals surface area contributed by atoms with E-state index in [-0.39, 0.29) is 11.1 Å². The van der Waals surface area contributed by atoms with Crippen LogP contribution in [0, 0.1) is 0 Å². The highest BCUT2D eigenvalue weighted by molar-refractivity contribution is 6.10. The first-order chi connectivity index (χ1) is 9.52. The summed E-state index contributed by atoms with van der Waals surface area (Å²) in [6, 6.07) is 9.19. The lowest BCUT2D eigenvalue weighted by Gasteiger charge is -2.05. The zero-order valence-corrected chi connectivity index (χ0v) is 11.6. The maximum absolute atomic E-state index is 10.9. The number of carboxylic acids is 2. The first-order valence-electron chi connectivity index (χ1n) is 6.51. The molecule has 0 radical (unpaired) electrons. The first kappa shape index (κ1) is 15.7. The van der Waals surface area contributed by atoms with E-state index >= 15 is 0 Å². The molecule has 2 N–H and O–H groups in total. The first-order valence-corrected chi connectivity index (χ1v) is 6.51. The zero-order valence-electron chi connectivity index (χ0n) is 11.6. The third-order valence-corrected chi connectivity index (χ3v) is 2.88. The van der Waals surface area contributed by atoms with Gasteiger partial charge in [-0.05, 0) is 22.9 Å². The molecule has 0 saturated heterocycles. The number of hydrogen-bond donors (Lipinski definition) is 2. The molecule has 0 heterocycles. The predicted octanol–water partition coefficient (Wildman–Crippen LogP) is 4.04. The Labute approximate surface area is 117 Å². The van der Waals surface area contributed by atoms with Crippen molar-refractivity contribution in [1.29, 1.82) is 0 Å². The molecule has 0 saturated carbocycles. The average Bonchev–Trinajstić information content (AvgIpc) is 2.45. The molecule has 0 amide bonds. The molecule has 2 rings (SSSR count). The molecule has 0 aromatic heterocycles. The second-order valence-electron chi connectivity index (χ2n) is 4.32. The predicted molar refractivity (Wildman–Crippen MR) is 78.4 cm³/mol. The highest BCUT2D eigenvalue weighted by Gasteiger charge is 2.13. The molecule has 2 aromatic rings. The van der Waals surface area contributed by atoms with Crippen LogP contribution in [-0.2, 0) is 0 Å². The van der Waals surface area contributed by atoms with Crippen LogP contribution in [0.3, 0.4) is 0 Å². The summed E-state index contributed by atoms with van der Waals surface area (Å²) in [4.78, 5) is 21.9. The fourth-order valence-corrected chi connectivity index (χ4v) is 1.67. The van der Waals surface area contributed by atoms with Gasteiger partial charge < -0.3 is 10.2 Å². The van der Waals surface area contributed by atoms with Gasteiger partial charge in [-0.25, -0.2) is 9.59 Å². The molecule has 0 atom stereocenters. The van der Waals surface area contributed by atoms with Gasteiger partial charge in [0.1, 0.15) is 0 Å². The summed E-state index contributed by atoms with van der Waals surface area (Å²) in [5, 5.41) is 18.8. The van der Waals surface area contributed by atoms with Crippen LogP contribution in [-0.4, -0.2) is 22.2 Å². The molecule has 0 aliphatic heterocycles. The zero-order chi connectivity index (χ0) is 15.1. The number of aromatic carboxylic acids is 2. The van der Waals surface area contributed by atoms with E-state index in [1.807, 2.05) is 0 Å². The number of unbranched alkanes of at least 4 members (excludes halogenated alkanes) is 1. The minimum absolute atomic E-state index is 0.112. The van der Waals surface area contributed by atoms with Gasteiger partial charge in [0.2, 0.25) is 0 Å². The normalized spacial score (nSPS) is 9.70. The Balaban J connectivity index is 0.000000444. The van der Waals surface area contributed by atoms with E-state index in [0.29, 0.717) is 10.8 Å². The molecule has 106 valence electrons. The quantitative estimate of drug-likeness (QED) is 0.885. The van der Waals surface area contributed by atoms with Gasteiger partial charge in [0.25, 0.3) is 0 Å². The molecule has 0 aliphatic rings. The number of fused-ring (bicyclic) bond motifs is 1. The van der Waals surface area contributed by atoms with E-state index in [0.717, 1.165) is 0 Å². The Kier molecular flexibility index (Phi) is 5.72. The lowest BCUT2D eigenvalue weighted by molar-refractivity contribution is 0.0684. The van der Waals surface area contributed by atoms with Crippen LogP contribution in [0.15, 0.2) is 36.4 Å². The van der Waals surface area contributed by atoms with Crippen LogP contribution in [0.4, 0.5) is 0 Å². The number of benzene rings is 2. The van der Waals surface area contributed by atoms with Crippen LogP contribution in [0.25, 0.3) is 10.8 Å². The van der Waals surface area contributed by atoms with E-state index in [1.54, 1.807) is 24.3 Å². The fourth-order valence-electron chi connectivity index (χ4n) is 1.67. The van der Waals surface area contributed by atoms with Crippen molar-refractivity contribution < 1.29 is 19.8 Å². The molecular weight excluding hydrogens is 256 g/mol. The van der Waals surface area contributed by atoms with Crippen molar-refractivity contribution in [3.8, 4) is 0 Å². The summed E-state index contributed by atoms with van der Waals surface area (Å²) in [7, 11) is 0. The minimum atomic E-state index is -1.06. The molecule has 0 fully saturated rings. The van der Waals surface area contributed by atoms with E-state index < -0.39 is 11.9 Å². The molecule has 0 aliphatic carbocycles. The summed E-state index contributed by atoms with van der Waals surface area (Å²) >= 11 is 0. The van der Waals surface area contributed by atoms with Gasteiger partial charge in [0.05, 0.1) is 11.1 Å². The lowest BCUT2D eigenvalue weighted by Crippen LogP contribution is -2.02. The highest BCUT2D eigenvalue weighted by atomic mass is 16.4. The smallest absolute Gasteiger partial charge is 0.336 e. The van der Waals surface area contributed by atoms with Gasteiger partial charge in [-0.3, -0.25) is 0 Å². The van der Waals surface area contributed by atoms with E-state index in [9.17, 15) is 9.59 Å². The van der Waals surface area contributed by atoms with Crippen molar-refractivity contribution in [1.82, 2.24) is 0 Å². The van der Waals surface area contributed by atoms with Crippen molar-refractivity contribution in [3.63, 3.8) is 0 Å². The van der Waals surface area contributed by atoms with Crippen molar-refractivity contribution in [3.05, 3.63) is 47.5 Å². The maximum atomic E-state index is 10.9. The maximum Gasteiger partial charge on any atom is 0.336 e. The Hall–Kier alpha value is -2.36. The SMILES string of the molecule is CCCC.O=C(O)c1ccc(C(=O)O)c2ccccc12. The van der Waals surface area contributed by atoms with Crippen molar-refractivity contribution in [2.24, 2.45) is 0 Å². The third kappa shape index (κ3) is 3.57. The Morgan fingerprint density at radius 3 is 1.40 bits per heavy atom. The Bertz CT molecular complexity index is 562. The van der Waals surface area contributed by atoms with Crippen molar-refractivity contribution in [2.45, 2.75) is 26.7 Å². The number of carboxylic acid groups (broad SMARTS) is 2. The number of carbonyl (C=O) groups is 2. The van der Waals surface area contributed by atoms with Crippen LogP contribution in [0.5, 0.6) is 0 Å². The number of hydrogen-bond acceptors (Lipinski definition) is 2. The summed E-state index contributed by atoms with van der Waals surface area (Å²) in [5.74, 6) is -2.12. The van der Waals surface area contributed by atoms with Crippen LogP contribution in [0.2, 0.25) is 0 Å². The van der Waals surface area contributed by atoms with Gasteiger partial charge in [0.15, 0.2) is 0 Å². The largest absolute Gasteiger partial charge is 0.478 e. The molecule has 4 heteroatoms. The van der Waals surface area contributed by atoms with Gasteiger partial charge in [-0.15, -0.1) is 0 Å². The third-order valence-electron chi connectivity index (χ3n) is 2.88. The number of rotatable bonds is 3. The minimum Gasteiger partial charge on any atom is -0.478 e. The molecule has 2 aromatic carbocycles. The summed E-state index contributed by atoms with van der Waals surface area (Å²) in [6.45, 7) is 4.36. The summed E-state index contributed by atoms with van der Waals surface area (Å²) in [5.41, 5.74) is 0.223. The van der Waals surface area contributed by atoms with Gasteiger partial charge >= 0.3 is 11.9 Å². The molecule has 0 bridgehead atoms. The van der Waals surface area contributed by atoms with Crippen LogP contribution < -0.4 is 0 Å². The summed E-state index contributed by atoms with van der Waals surface area (Å²) in [6.07, 6.45) is 2.64. The van der Waals surface area contributed by atoms with Crippen LogP contribution in [0.1, 0.15) is 47.4 Å². The Morgan fingerprint density at radius 1 is 0.800 bits per heavy atom. The topological polar surface area (TPSA) is 74.6 Å². The monoisotopic (exact) mass is 274 g/mol. The average molecular weight is 274 g/mol. The van der Waals surface area contributed by atoms with E-state index in [4.69, 9.17) is 10.2 Å². The molecule has 20 heavy (non-hydrogen) atoms. The molecule has 0 spiro atoms. The second kappa shape index (κ2) is 7.28. The van der Waals surface area contributed by atoms with E-state index in [2.05, 4.69) is 13.8 Å². The molecule has 0 unspecified atom stereocenters. The summed E-state index contributed by atoms with van der Waals surface area (Å²) < 4.78 is 0. The lowest BCUT2D eigenvalue weighted by atomic mass is 10.00. The fraction of sp³-hybridized carbons (Fsp3) is 0.250. The molecule has 4 nitrogen and oxygen atoms in total. The molecular formula is C16H18O4. The second-order valence-corrected chi connectivity index (χ2v) is 4.32. The van der Waals surface area contributed by atoms with Gasteiger partial charge in [0, 0.05) is 0 Å². The van der Waals surface area contributed by atoms with E-state index in [1.165, 1.54) is 25.0 Å². The van der Waals surface area contributed by atoms with Crippen LogP contribution >= 0.6 is 0 Å². The highest BCUT2D eigenvalue weighted by Crippen LogP contribution is 2.22. The van der Waals surface area contributed by atoms with Gasteiger partial charge in [-0.2, -0.15) is 0 Å².